The van der Waals surface area contributed by atoms with E-state index in [-0.39, 0.29) is 6.61 Å². The number of aromatic nitrogens is 1. The lowest BCUT2D eigenvalue weighted by Crippen LogP contribution is -2.02. The van der Waals surface area contributed by atoms with Gasteiger partial charge in [-0.2, -0.15) is 0 Å². The molecule has 1 aromatic heterocycles. The Hall–Kier alpha value is -0.620. The molecule has 0 amide bonds. The molecule has 0 aliphatic rings. The van der Waals surface area contributed by atoms with Crippen molar-refractivity contribution in [3.05, 3.63) is 24.3 Å². The molecule has 16 heavy (non-hydrogen) atoms. The predicted octanol–water partition coefficient (Wildman–Crippen LogP) is 2.40. The molecule has 0 unspecified atom stereocenters. The second-order valence-electron chi connectivity index (χ2n) is 3.13. The van der Waals surface area contributed by atoms with Gasteiger partial charge in [-0.05, 0) is 12.1 Å². The molecule has 0 bridgehead atoms. The van der Waals surface area contributed by atoms with Gasteiger partial charge in [0.2, 0.25) is 0 Å². The first kappa shape index (κ1) is 11.9. The van der Waals surface area contributed by atoms with Crippen molar-refractivity contribution in [1.29, 1.82) is 0 Å². The molecule has 1 heterocycles. The SMILES string of the molecule is OCCOCCSc1nc2ccccc2s1. The average molecular weight is 255 g/mol. The van der Waals surface area contributed by atoms with Crippen LogP contribution in [0.1, 0.15) is 0 Å². The summed E-state index contributed by atoms with van der Waals surface area (Å²) in [6.45, 7) is 1.16. The number of aliphatic hydroxyl groups is 1. The van der Waals surface area contributed by atoms with Crippen molar-refractivity contribution in [2.45, 2.75) is 4.34 Å². The second-order valence-corrected chi connectivity index (χ2v) is 5.50. The number of benzene rings is 1. The lowest BCUT2D eigenvalue weighted by atomic mass is 10.3. The van der Waals surface area contributed by atoms with Crippen LogP contribution in [0, 0.1) is 0 Å². The number of rotatable bonds is 6. The zero-order chi connectivity index (χ0) is 11.2. The van der Waals surface area contributed by atoms with Crippen molar-refractivity contribution in [3.63, 3.8) is 0 Å². The van der Waals surface area contributed by atoms with Crippen LogP contribution in [-0.4, -0.2) is 35.7 Å². The number of hydrogen-bond acceptors (Lipinski definition) is 5. The van der Waals surface area contributed by atoms with Gasteiger partial charge in [-0.15, -0.1) is 11.3 Å². The minimum Gasteiger partial charge on any atom is -0.394 e. The van der Waals surface area contributed by atoms with Gasteiger partial charge >= 0.3 is 0 Å². The van der Waals surface area contributed by atoms with Gasteiger partial charge in [0.05, 0.1) is 30.0 Å². The van der Waals surface area contributed by atoms with Gasteiger partial charge in [0.25, 0.3) is 0 Å². The summed E-state index contributed by atoms with van der Waals surface area (Å²) in [5.74, 6) is 0.875. The Morgan fingerprint density at radius 1 is 1.31 bits per heavy atom. The van der Waals surface area contributed by atoms with Gasteiger partial charge in [-0.25, -0.2) is 4.98 Å². The van der Waals surface area contributed by atoms with E-state index in [2.05, 4.69) is 11.1 Å². The maximum absolute atomic E-state index is 8.54. The summed E-state index contributed by atoms with van der Waals surface area (Å²) in [6, 6.07) is 8.14. The Labute approximate surface area is 102 Å². The fraction of sp³-hybridized carbons (Fsp3) is 0.364. The molecule has 2 rings (SSSR count). The molecule has 0 atom stereocenters. The molecular formula is C11H13NO2S2. The molecule has 86 valence electrons. The lowest BCUT2D eigenvalue weighted by molar-refractivity contribution is 0.103. The average Bonchev–Trinajstić information content (AvgIpc) is 2.71. The van der Waals surface area contributed by atoms with Crippen LogP contribution < -0.4 is 0 Å². The molecule has 0 fully saturated rings. The van der Waals surface area contributed by atoms with E-state index in [4.69, 9.17) is 9.84 Å². The Kier molecular flexibility index (Phi) is 4.59. The van der Waals surface area contributed by atoms with Gasteiger partial charge in [0.1, 0.15) is 0 Å². The van der Waals surface area contributed by atoms with Crippen molar-refractivity contribution in [1.82, 2.24) is 4.98 Å². The second kappa shape index (κ2) is 6.20. The van der Waals surface area contributed by atoms with Crippen molar-refractivity contribution in [2.75, 3.05) is 25.6 Å². The number of aliphatic hydroxyl groups excluding tert-OH is 1. The number of nitrogens with zero attached hydrogens (tertiary/aromatic N) is 1. The summed E-state index contributed by atoms with van der Waals surface area (Å²) >= 11 is 3.41. The molecule has 0 saturated carbocycles. The first-order valence-electron chi connectivity index (χ1n) is 5.07. The zero-order valence-electron chi connectivity index (χ0n) is 8.76. The van der Waals surface area contributed by atoms with E-state index in [1.54, 1.807) is 23.1 Å². The highest BCUT2D eigenvalue weighted by Crippen LogP contribution is 2.28. The molecular weight excluding hydrogens is 242 g/mol. The van der Waals surface area contributed by atoms with E-state index < -0.39 is 0 Å². The summed E-state index contributed by atoms with van der Waals surface area (Å²) in [6.07, 6.45) is 0. The fourth-order valence-corrected chi connectivity index (χ4v) is 3.26. The molecule has 0 radical (unpaired) electrons. The first-order valence-corrected chi connectivity index (χ1v) is 6.87. The highest BCUT2D eigenvalue weighted by atomic mass is 32.2. The Balaban J connectivity index is 1.85. The largest absolute Gasteiger partial charge is 0.394 e. The molecule has 3 nitrogen and oxygen atoms in total. The van der Waals surface area contributed by atoms with Gasteiger partial charge in [0.15, 0.2) is 4.34 Å². The molecule has 5 heteroatoms. The van der Waals surface area contributed by atoms with Crippen LogP contribution in [0.15, 0.2) is 28.6 Å². The van der Waals surface area contributed by atoms with Crippen molar-refractivity contribution in [3.8, 4) is 0 Å². The third-order valence-corrected chi connectivity index (χ3v) is 4.11. The summed E-state index contributed by atoms with van der Waals surface area (Å²) in [4.78, 5) is 4.51. The van der Waals surface area contributed by atoms with Crippen LogP contribution in [0.25, 0.3) is 10.2 Å². The Bertz CT molecular complexity index is 411. The van der Waals surface area contributed by atoms with E-state index in [1.165, 1.54) is 4.70 Å². The third-order valence-electron chi connectivity index (χ3n) is 1.96. The number of thioether (sulfide) groups is 1. The summed E-state index contributed by atoms with van der Waals surface area (Å²) in [5, 5.41) is 8.54. The molecule has 0 spiro atoms. The summed E-state index contributed by atoms with van der Waals surface area (Å²) in [5.41, 5.74) is 1.06. The van der Waals surface area contributed by atoms with Gasteiger partial charge in [0, 0.05) is 5.75 Å². The van der Waals surface area contributed by atoms with Crippen LogP contribution >= 0.6 is 23.1 Å². The van der Waals surface area contributed by atoms with Crippen molar-refractivity contribution < 1.29 is 9.84 Å². The zero-order valence-corrected chi connectivity index (χ0v) is 10.4. The Morgan fingerprint density at radius 3 is 3.00 bits per heavy atom. The molecule has 0 saturated heterocycles. The van der Waals surface area contributed by atoms with Crippen molar-refractivity contribution >= 4 is 33.3 Å². The minimum atomic E-state index is 0.0891. The monoisotopic (exact) mass is 255 g/mol. The van der Waals surface area contributed by atoms with Gasteiger partial charge < -0.3 is 9.84 Å². The molecule has 2 aromatic rings. The maximum Gasteiger partial charge on any atom is 0.151 e. The molecule has 0 aliphatic carbocycles. The Morgan fingerprint density at radius 2 is 2.19 bits per heavy atom. The van der Waals surface area contributed by atoms with Crippen LogP contribution in [0.4, 0.5) is 0 Å². The highest BCUT2D eigenvalue weighted by Gasteiger charge is 2.02. The quantitative estimate of drug-likeness (QED) is 0.636. The molecule has 1 aromatic carbocycles. The van der Waals surface area contributed by atoms with Crippen molar-refractivity contribution in [2.24, 2.45) is 0 Å². The first-order chi connectivity index (χ1) is 7.90. The number of ether oxygens (including phenoxy) is 1. The smallest absolute Gasteiger partial charge is 0.151 e. The lowest BCUT2D eigenvalue weighted by Gasteiger charge is -1.99. The van der Waals surface area contributed by atoms with E-state index in [0.717, 1.165) is 15.6 Å². The fourth-order valence-electron chi connectivity index (χ4n) is 1.27. The van der Waals surface area contributed by atoms with Crippen LogP contribution in [0.5, 0.6) is 0 Å². The molecule has 1 N–H and O–H groups in total. The van der Waals surface area contributed by atoms with E-state index >= 15 is 0 Å². The van der Waals surface area contributed by atoms with Gasteiger partial charge in [-0.1, -0.05) is 23.9 Å². The summed E-state index contributed by atoms with van der Waals surface area (Å²) in [7, 11) is 0. The normalized spacial score (nSPS) is 11.1. The van der Waals surface area contributed by atoms with Crippen LogP contribution in [-0.2, 0) is 4.74 Å². The molecule has 0 aliphatic heterocycles. The maximum atomic E-state index is 8.54. The van der Waals surface area contributed by atoms with E-state index in [1.807, 2.05) is 18.2 Å². The van der Waals surface area contributed by atoms with Crippen LogP contribution in [0.3, 0.4) is 0 Å². The number of fused-ring (bicyclic) bond motifs is 1. The minimum absolute atomic E-state index is 0.0891. The van der Waals surface area contributed by atoms with Crippen LogP contribution in [0.2, 0.25) is 0 Å². The van der Waals surface area contributed by atoms with Gasteiger partial charge in [-0.3, -0.25) is 0 Å². The number of thiazole rings is 1. The summed E-state index contributed by atoms with van der Waals surface area (Å²) < 4.78 is 7.49. The number of hydrogen-bond donors (Lipinski definition) is 1. The third kappa shape index (κ3) is 3.18. The highest BCUT2D eigenvalue weighted by molar-refractivity contribution is 8.01. The van der Waals surface area contributed by atoms with E-state index in [9.17, 15) is 0 Å². The predicted molar refractivity (Wildman–Crippen MR) is 68.2 cm³/mol. The standard InChI is InChI=1S/C11H13NO2S2/c13-5-6-14-7-8-15-11-12-9-3-1-2-4-10(9)16-11/h1-4,13H,5-8H2. The van der Waals surface area contributed by atoms with E-state index in [0.29, 0.717) is 13.2 Å². The topological polar surface area (TPSA) is 42.4 Å². The number of para-hydroxylation sites is 1.